The lowest BCUT2D eigenvalue weighted by Crippen LogP contribution is -2.16. The summed E-state index contributed by atoms with van der Waals surface area (Å²) in [5.74, 6) is -1.88. The van der Waals surface area contributed by atoms with E-state index in [0.717, 1.165) is 5.56 Å². The quantitative estimate of drug-likeness (QED) is 0.565. The third-order valence-electron chi connectivity index (χ3n) is 3.99. The summed E-state index contributed by atoms with van der Waals surface area (Å²) in [5, 5.41) is 14.1. The van der Waals surface area contributed by atoms with Crippen molar-refractivity contribution in [2.45, 2.75) is 19.4 Å². The van der Waals surface area contributed by atoms with Crippen molar-refractivity contribution in [3.63, 3.8) is 0 Å². The molecule has 2 heterocycles. The lowest BCUT2D eigenvalue weighted by atomic mass is 10.1. The van der Waals surface area contributed by atoms with Crippen molar-refractivity contribution < 1.29 is 33.1 Å². The highest BCUT2D eigenvalue weighted by molar-refractivity contribution is 5.89. The van der Waals surface area contributed by atoms with Crippen LogP contribution in [0.3, 0.4) is 0 Å². The summed E-state index contributed by atoms with van der Waals surface area (Å²) >= 11 is 0. The molecule has 2 N–H and O–H groups in total. The molecule has 3 aromatic rings. The van der Waals surface area contributed by atoms with Crippen LogP contribution < -0.4 is 10.1 Å². The molecule has 1 amide bonds. The van der Waals surface area contributed by atoms with E-state index in [1.54, 1.807) is 19.1 Å². The number of aliphatic carboxylic acids is 1. The van der Waals surface area contributed by atoms with Gasteiger partial charge in [-0.25, -0.2) is 9.78 Å². The maximum Gasteiger partial charge on any atom is 0.412 e. The molecular formula is C20H18FN3O6. The molecule has 0 saturated heterocycles. The van der Waals surface area contributed by atoms with Crippen molar-refractivity contribution in [3.8, 4) is 17.2 Å². The monoisotopic (exact) mass is 415 g/mol. The zero-order valence-corrected chi connectivity index (χ0v) is 15.9. The average molecular weight is 415 g/mol. The second-order valence-electron chi connectivity index (χ2n) is 6.14. The Morgan fingerprint density at radius 2 is 2.00 bits per heavy atom. The summed E-state index contributed by atoms with van der Waals surface area (Å²) in [4.78, 5) is 26.7. The maximum absolute atomic E-state index is 14.1. The van der Waals surface area contributed by atoms with Crippen LogP contribution in [0.25, 0.3) is 11.3 Å². The third kappa shape index (κ3) is 5.31. The van der Waals surface area contributed by atoms with Crippen molar-refractivity contribution in [2.75, 3.05) is 11.9 Å². The SMILES string of the molecule is CC(OC(=O)Nc1c(F)noc1-c1ccc(OCCC(=O)O)nc1)c1ccccc1. The molecule has 0 fully saturated rings. The van der Waals surface area contributed by atoms with Gasteiger partial charge in [0, 0.05) is 17.8 Å². The van der Waals surface area contributed by atoms with Gasteiger partial charge in [0.2, 0.25) is 5.88 Å². The molecule has 0 bridgehead atoms. The molecule has 10 heteroatoms. The fraction of sp³-hybridized carbons (Fsp3) is 0.200. The summed E-state index contributed by atoms with van der Waals surface area (Å²) in [6.07, 6.45) is -0.286. The van der Waals surface area contributed by atoms with Gasteiger partial charge in [-0.1, -0.05) is 30.3 Å². The predicted octanol–water partition coefficient (Wildman–Crippen LogP) is 4.04. The lowest BCUT2D eigenvalue weighted by Gasteiger charge is -2.14. The molecule has 0 aliphatic rings. The van der Waals surface area contributed by atoms with Crippen LogP contribution in [0.4, 0.5) is 14.9 Å². The van der Waals surface area contributed by atoms with Crippen molar-refractivity contribution in [1.82, 2.24) is 10.1 Å². The predicted molar refractivity (Wildman–Crippen MR) is 102 cm³/mol. The van der Waals surface area contributed by atoms with Crippen molar-refractivity contribution in [1.29, 1.82) is 0 Å². The summed E-state index contributed by atoms with van der Waals surface area (Å²) in [6.45, 7) is 1.64. The smallest absolute Gasteiger partial charge is 0.412 e. The fourth-order valence-corrected chi connectivity index (χ4v) is 2.50. The van der Waals surface area contributed by atoms with E-state index >= 15 is 0 Å². The molecule has 0 saturated carbocycles. The van der Waals surface area contributed by atoms with Crippen LogP contribution in [0.2, 0.25) is 0 Å². The number of anilines is 1. The number of carbonyl (C=O) groups excluding carboxylic acids is 1. The fourth-order valence-electron chi connectivity index (χ4n) is 2.50. The molecule has 9 nitrogen and oxygen atoms in total. The van der Waals surface area contributed by atoms with Gasteiger partial charge < -0.3 is 19.1 Å². The number of nitrogens with zero attached hydrogens (tertiary/aromatic N) is 2. The average Bonchev–Trinajstić information content (AvgIpc) is 3.09. The van der Waals surface area contributed by atoms with Gasteiger partial charge in [-0.05, 0) is 23.7 Å². The van der Waals surface area contributed by atoms with Gasteiger partial charge in [0.05, 0.1) is 6.42 Å². The van der Waals surface area contributed by atoms with Gasteiger partial charge >= 0.3 is 12.1 Å². The summed E-state index contributed by atoms with van der Waals surface area (Å²) < 4.78 is 29.5. The minimum Gasteiger partial charge on any atom is -0.481 e. The number of nitrogens with one attached hydrogen (secondary N) is 1. The summed E-state index contributed by atoms with van der Waals surface area (Å²) in [5.41, 5.74) is 0.811. The Hall–Kier alpha value is -3.95. The van der Waals surface area contributed by atoms with E-state index in [9.17, 15) is 14.0 Å². The zero-order valence-electron chi connectivity index (χ0n) is 15.9. The number of halogens is 1. The van der Waals surface area contributed by atoms with Crippen molar-refractivity contribution >= 4 is 17.7 Å². The van der Waals surface area contributed by atoms with E-state index in [2.05, 4.69) is 15.5 Å². The Bertz CT molecular complexity index is 1010. The maximum atomic E-state index is 14.1. The van der Waals surface area contributed by atoms with Crippen LogP contribution in [0, 0.1) is 5.95 Å². The minimum atomic E-state index is -1.02. The molecule has 1 aromatic carbocycles. The number of ether oxygens (including phenoxy) is 2. The van der Waals surface area contributed by atoms with E-state index in [1.165, 1.54) is 18.3 Å². The first kappa shape index (κ1) is 20.8. The first-order chi connectivity index (χ1) is 14.4. The van der Waals surface area contributed by atoms with Gasteiger partial charge in [-0.2, -0.15) is 4.39 Å². The number of benzene rings is 1. The Morgan fingerprint density at radius 3 is 2.67 bits per heavy atom. The minimum absolute atomic E-state index is 0.0448. The van der Waals surface area contributed by atoms with Gasteiger partial charge in [0.1, 0.15) is 18.4 Å². The third-order valence-corrected chi connectivity index (χ3v) is 3.99. The molecule has 30 heavy (non-hydrogen) atoms. The molecule has 0 radical (unpaired) electrons. The van der Waals surface area contributed by atoms with Crippen LogP contribution in [0.15, 0.2) is 53.2 Å². The number of amides is 1. The molecule has 0 aliphatic heterocycles. The van der Waals surface area contributed by atoms with Gasteiger partial charge in [0.15, 0.2) is 5.76 Å². The Balaban J connectivity index is 1.67. The second kappa shape index (κ2) is 9.50. The Labute approximate surface area is 170 Å². The molecule has 0 spiro atoms. The van der Waals surface area contributed by atoms with Crippen molar-refractivity contribution in [3.05, 3.63) is 60.2 Å². The Kier molecular flexibility index (Phi) is 6.58. The number of hydrogen-bond acceptors (Lipinski definition) is 7. The molecule has 0 aliphatic carbocycles. The number of pyridine rings is 1. The van der Waals surface area contributed by atoms with E-state index < -0.39 is 24.1 Å². The lowest BCUT2D eigenvalue weighted by molar-refractivity contribution is -0.137. The highest BCUT2D eigenvalue weighted by atomic mass is 19.1. The molecule has 156 valence electrons. The Morgan fingerprint density at radius 1 is 1.23 bits per heavy atom. The molecule has 1 unspecified atom stereocenters. The molecule has 2 aromatic heterocycles. The standard InChI is InChI=1S/C20H18FN3O6/c1-12(13-5-3-2-4-6-13)29-20(27)23-17-18(30-24-19(17)21)14-7-8-15(22-11-14)28-10-9-16(25)26/h2-8,11-12H,9-10H2,1H3,(H,23,27)(H,25,26). The second-order valence-corrected chi connectivity index (χ2v) is 6.14. The van der Waals surface area contributed by atoms with Crippen LogP contribution in [-0.2, 0) is 9.53 Å². The molecule has 3 rings (SSSR count). The van der Waals surface area contributed by atoms with Crippen LogP contribution in [0.5, 0.6) is 5.88 Å². The van der Waals surface area contributed by atoms with Crippen LogP contribution in [0.1, 0.15) is 25.0 Å². The van der Waals surface area contributed by atoms with E-state index in [-0.39, 0.29) is 30.4 Å². The van der Waals surface area contributed by atoms with Crippen molar-refractivity contribution in [2.24, 2.45) is 0 Å². The van der Waals surface area contributed by atoms with Crippen LogP contribution in [-0.4, -0.2) is 33.9 Å². The topological polar surface area (TPSA) is 124 Å². The number of rotatable bonds is 8. The van der Waals surface area contributed by atoms with E-state index in [4.69, 9.17) is 19.1 Å². The number of aromatic nitrogens is 2. The van der Waals surface area contributed by atoms with Crippen LogP contribution >= 0.6 is 0 Å². The number of hydrogen-bond donors (Lipinski definition) is 2. The first-order valence-corrected chi connectivity index (χ1v) is 8.93. The largest absolute Gasteiger partial charge is 0.481 e. The van der Waals surface area contributed by atoms with E-state index in [1.807, 2.05) is 18.2 Å². The zero-order chi connectivity index (χ0) is 21.5. The molecule has 1 atom stereocenters. The summed E-state index contributed by atoms with van der Waals surface area (Å²) in [7, 11) is 0. The summed E-state index contributed by atoms with van der Waals surface area (Å²) in [6, 6.07) is 12.0. The molecular weight excluding hydrogens is 397 g/mol. The normalized spacial score (nSPS) is 11.5. The van der Waals surface area contributed by atoms with Gasteiger partial charge in [0.25, 0.3) is 5.95 Å². The van der Waals surface area contributed by atoms with Gasteiger partial charge in [-0.15, -0.1) is 0 Å². The first-order valence-electron chi connectivity index (χ1n) is 8.93. The van der Waals surface area contributed by atoms with E-state index in [0.29, 0.717) is 5.56 Å². The highest BCUT2D eigenvalue weighted by Gasteiger charge is 2.22. The highest BCUT2D eigenvalue weighted by Crippen LogP contribution is 2.31. The van der Waals surface area contributed by atoms with Gasteiger partial charge in [-0.3, -0.25) is 10.1 Å². The number of carboxylic acids is 1. The number of carboxylic acid groups (broad SMARTS) is 1. The number of carbonyl (C=O) groups is 2.